The third-order valence-corrected chi connectivity index (χ3v) is 10.9. The van der Waals surface area contributed by atoms with Crippen LogP contribution in [0.2, 0.25) is 0 Å². The van der Waals surface area contributed by atoms with Crippen LogP contribution in [0.5, 0.6) is 0 Å². The van der Waals surface area contributed by atoms with Gasteiger partial charge in [0, 0.05) is 38.5 Å². The highest BCUT2D eigenvalue weighted by molar-refractivity contribution is 6.23. The number of benzene rings is 9. The van der Waals surface area contributed by atoms with Crippen molar-refractivity contribution in [2.45, 2.75) is 0 Å². The zero-order chi connectivity index (χ0) is 36.3. The minimum absolute atomic E-state index is 0.876. The lowest BCUT2D eigenvalue weighted by atomic mass is 9.95. The quantitative estimate of drug-likeness (QED) is 0.173. The summed E-state index contributed by atoms with van der Waals surface area (Å²) in [5.41, 5.74) is 13.8. The zero-order valence-corrected chi connectivity index (χ0v) is 29.8. The molecule has 0 bridgehead atoms. The molecular weight excluding hydrogens is 671 g/mol. The number of nitrogens with zero attached hydrogens (tertiary/aromatic N) is 1. The SMILES string of the molecule is c1ccc(-c2ccc3c(ccc4oc5cccc(-c6ccc(N(c7ccc8oc9ccccc9c8c7)c7ccccc7-c7ccccc7)cc6)c5c43)c2)cc1. The summed E-state index contributed by atoms with van der Waals surface area (Å²) >= 11 is 0. The van der Waals surface area contributed by atoms with Gasteiger partial charge in [0.05, 0.1) is 5.69 Å². The molecule has 9 aromatic carbocycles. The average molecular weight is 704 g/mol. The molecule has 0 N–H and O–H groups in total. The van der Waals surface area contributed by atoms with Crippen molar-refractivity contribution in [1.82, 2.24) is 0 Å². The molecule has 0 aliphatic carbocycles. The van der Waals surface area contributed by atoms with Crippen molar-refractivity contribution in [2.24, 2.45) is 0 Å². The van der Waals surface area contributed by atoms with Gasteiger partial charge < -0.3 is 13.7 Å². The van der Waals surface area contributed by atoms with Crippen LogP contribution >= 0.6 is 0 Å². The van der Waals surface area contributed by atoms with Gasteiger partial charge in [0.25, 0.3) is 0 Å². The van der Waals surface area contributed by atoms with Gasteiger partial charge in [-0.15, -0.1) is 0 Å². The van der Waals surface area contributed by atoms with Crippen LogP contribution in [-0.4, -0.2) is 0 Å². The number of furan rings is 2. The van der Waals surface area contributed by atoms with Crippen LogP contribution in [0.25, 0.3) is 88.0 Å². The van der Waals surface area contributed by atoms with Crippen molar-refractivity contribution >= 4 is 71.7 Å². The van der Waals surface area contributed by atoms with Crippen molar-refractivity contribution in [3.8, 4) is 33.4 Å². The first-order valence-electron chi connectivity index (χ1n) is 18.7. The lowest BCUT2D eigenvalue weighted by molar-refractivity contribution is 0.668. The zero-order valence-electron chi connectivity index (χ0n) is 29.8. The van der Waals surface area contributed by atoms with Crippen LogP contribution in [0, 0.1) is 0 Å². The van der Waals surface area contributed by atoms with Crippen molar-refractivity contribution in [1.29, 1.82) is 0 Å². The molecule has 0 unspecified atom stereocenters. The van der Waals surface area contributed by atoms with Crippen LogP contribution < -0.4 is 4.90 Å². The maximum absolute atomic E-state index is 6.51. The van der Waals surface area contributed by atoms with E-state index in [0.717, 1.165) is 83.2 Å². The van der Waals surface area contributed by atoms with E-state index in [1.165, 1.54) is 21.9 Å². The molecule has 0 aliphatic rings. The summed E-state index contributed by atoms with van der Waals surface area (Å²) in [5.74, 6) is 0. The molecule has 0 saturated carbocycles. The van der Waals surface area contributed by atoms with Gasteiger partial charge >= 0.3 is 0 Å². The first-order chi connectivity index (χ1) is 27.3. The van der Waals surface area contributed by atoms with Gasteiger partial charge in [-0.25, -0.2) is 0 Å². The maximum Gasteiger partial charge on any atom is 0.136 e. The molecule has 258 valence electrons. The molecule has 3 nitrogen and oxygen atoms in total. The summed E-state index contributed by atoms with van der Waals surface area (Å²) in [7, 11) is 0. The lowest BCUT2D eigenvalue weighted by Gasteiger charge is -2.28. The third kappa shape index (κ3) is 5.20. The van der Waals surface area contributed by atoms with E-state index in [0.29, 0.717) is 0 Å². The second kappa shape index (κ2) is 12.6. The van der Waals surface area contributed by atoms with Crippen LogP contribution in [0.1, 0.15) is 0 Å². The van der Waals surface area contributed by atoms with E-state index in [1.54, 1.807) is 0 Å². The number of para-hydroxylation sites is 2. The molecule has 2 aromatic heterocycles. The highest BCUT2D eigenvalue weighted by Crippen LogP contribution is 2.45. The molecule has 2 heterocycles. The van der Waals surface area contributed by atoms with Gasteiger partial charge in [0.15, 0.2) is 0 Å². The number of rotatable bonds is 6. The van der Waals surface area contributed by atoms with E-state index in [-0.39, 0.29) is 0 Å². The Hall–Kier alpha value is -7.36. The van der Waals surface area contributed by atoms with Gasteiger partial charge in [-0.1, -0.05) is 140 Å². The first-order valence-corrected chi connectivity index (χ1v) is 18.7. The summed E-state index contributed by atoms with van der Waals surface area (Å²) in [5, 5.41) is 6.85. The topological polar surface area (TPSA) is 29.5 Å². The van der Waals surface area contributed by atoms with Crippen molar-refractivity contribution in [3.63, 3.8) is 0 Å². The number of hydrogen-bond donors (Lipinski definition) is 0. The lowest BCUT2D eigenvalue weighted by Crippen LogP contribution is -2.11. The minimum Gasteiger partial charge on any atom is -0.456 e. The molecule has 0 spiro atoms. The average Bonchev–Trinajstić information content (AvgIpc) is 3.83. The Kier molecular flexibility index (Phi) is 7.17. The second-order valence-corrected chi connectivity index (χ2v) is 14.1. The van der Waals surface area contributed by atoms with E-state index >= 15 is 0 Å². The van der Waals surface area contributed by atoms with Crippen LogP contribution in [-0.2, 0) is 0 Å². The standard InChI is InChI=1S/C52H33NO2/c1-3-12-34(13-4-1)37-24-29-43-38(32-37)25-30-50-52(43)51-42(18-11-21-49(51)55-50)36-22-26-39(27-23-36)53(46-19-9-7-16-41(46)35-14-5-2-6-15-35)40-28-31-48-45(33-40)44-17-8-10-20-47(44)54-48/h1-33H. The third-order valence-electron chi connectivity index (χ3n) is 10.9. The molecule has 0 saturated heterocycles. The fraction of sp³-hybridized carbons (Fsp3) is 0. The van der Waals surface area contributed by atoms with E-state index in [4.69, 9.17) is 8.83 Å². The maximum atomic E-state index is 6.51. The smallest absolute Gasteiger partial charge is 0.136 e. The van der Waals surface area contributed by atoms with Gasteiger partial charge in [0.2, 0.25) is 0 Å². The Labute approximate surface area is 317 Å². The number of fused-ring (bicyclic) bond motifs is 8. The monoisotopic (exact) mass is 703 g/mol. The first kappa shape index (κ1) is 31.2. The van der Waals surface area contributed by atoms with Gasteiger partial charge in [-0.05, 0) is 99.3 Å². The highest BCUT2D eigenvalue weighted by atomic mass is 16.3. The summed E-state index contributed by atoms with van der Waals surface area (Å²) in [6.07, 6.45) is 0. The van der Waals surface area contributed by atoms with Crippen LogP contribution in [0.4, 0.5) is 17.1 Å². The summed E-state index contributed by atoms with van der Waals surface area (Å²) in [6, 6.07) is 70.9. The summed E-state index contributed by atoms with van der Waals surface area (Å²) in [6.45, 7) is 0. The van der Waals surface area contributed by atoms with Gasteiger partial charge in [-0.3, -0.25) is 0 Å². The van der Waals surface area contributed by atoms with Crippen LogP contribution in [0.15, 0.2) is 209 Å². The Balaban J connectivity index is 1.07. The Morgan fingerprint density at radius 2 is 0.909 bits per heavy atom. The number of anilines is 3. The largest absolute Gasteiger partial charge is 0.456 e. The predicted octanol–water partition coefficient (Wildman–Crippen LogP) is 15.1. The van der Waals surface area contributed by atoms with Crippen LogP contribution in [0.3, 0.4) is 0 Å². The summed E-state index contributed by atoms with van der Waals surface area (Å²) < 4.78 is 12.8. The summed E-state index contributed by atoms with van der Waals surface area (Å²) in [4.78, 5) is 2.36. The van der Waals surface area contributed by atoms with E-state index in [1.807, 2.05) is 12.1 Å². The second-order valence-electron chi connectivity index (χ2n) is 14.1. The Bertz CT molecular complexity index is 3190. The van der Waals surface area contributed by atoms with E-state index in [2.05, 4.69) is 193 Å². The molecule has 0 radical (unpaired) electrons. The Morgan fingerprint density at radius 1 is 0.309 bits per heavy atom. The fourth-order valence-electron chi connectivity index (χ4n) is 8.30. The Morgan fingerprint density at radius 3 is 1.76 bits per heavy atom. The number of hydrogen-bond acceptors (Lipinski definition) is 3. The van der Waals surface area contributed by atoms with E-state index < -0.39 is 0 Å². The molecule has 11 aromatic rings. The molecule has 55 heavy (non-hydrogen) atoms. The fourth-order valence-corrected chi connectivity index (χ4v) is 8.30. The van der Waals surface area contributed by atoms with Gasteiger partial charge in [-0.2, -0.15) is 0 Å². The molecular formula is C52H33NO2. The normalized spacial score (nSPS) is 11.6. The molecule has 0 amide bonds. The molecule has 3 heteroatoms. The molecule has 0 aliphatic heterocycles. The minimum atomic E-state index is 0.876. The molecule has 11 rings (SSSR count). The van der Waals surface area contributed by atoms with Crippen molar-refractivity contribution in [3.05, 3.63) is 200 Å². The molecule has 0 atom stereocenters. The molecule has 0 fully saturated rings. The highest BCUT2D eigenvalue weighted by Gasteiger charge is 2.20. The van der Waals surface area contributed by atoms with E-state index in [9.17, 15) is 0 Å². The predicted molar refractivity (Wildman–Crippen MR) is 229 cm³/mol. The van der Waals surface area contributed by atoms with Crippen molar-refractivity contribution in [2.75, 3.05) is 4.90 Å². The van der Waals surface area contributed by atoms with Gasteiger partial charge in [0.1, 0.15) is 22.3 Å². The van der Waals surface area contributed by atoms with Crippen molar-refractivity contribution < 1.29 is 8.83 Å².